The third kappa shape index (κ3) is 4.21. The first-order valence-corrected chi connectivity index (χ1v) is 6.84. The van der Waals surface area contributed by atoms with Gasteiger partial charge in [0.25, 0.3) is 5.91 Å². The number of amides is 1. The summed E-state index contributed by atoms with van der Waals surface area (Å²) in [6, 6.07) is 17.0. The number of hydrogen-bond acceptors (Lipinski definition) is 2. The second-order valence-electron chi connectivity index (χ2n) is 4.73. The minimum absolute atomic E-state index is 0.0954. The van der Waals surface area contributed by atoms with Gasteiger partial charge >= 0.3 is 0 Å². The maximum Gasteiger partial charge on any atom is 0.251 e. The summed E-state index contributed by atoms with van der Waals surface area (Å²) in [6.07, 6.45) is 2.49. The van der Waals surface area contributed by atoms with E-state index in [1.807, 2.05) is 30.3 Å². The molecular formula is C18H19NO2. The van der Waals surface area contributed by atoms with Crippen LogP contribution in [0.15, 0.2) is 67.3 Å². The van der Waals surface area contributed by atoms with Gasteiger partial charge in [-0.15, -0.1) is 6.58 Å². The first kappa shape index (κ1) is 14.9. The summed E-state index contributed by atoms with van der Waals surface area (Å²) in [5, 5.41) is 2.97. The van der Waals surface area contributed by atoms with Crippen molar-refractivity contribution >= 4 is 5.91 Å². The van der Waals surface area contributed by atoms with Crippen molar-refractivity contribution in [3.8, 4) is 5.75 Å². The number of carbonyl (C=O) groups is 1. The van der Waals surface area contributed by atoms with E-state index in [9.17, 15) is 4.79 Å². The average molecular weight is 281 g/mol. The lowest BCUT2D eigenvalue weighted by atomic mass is 10.1. The maximum atomic E-state index is 12.2. The zero-order valence-electron chi connectivity index (χ0n) is 12.1. The number of rotatable bonds is 6. The fraction of sp³-hybridized carbons (Fsp3) is 0.167. The van der Waals surface area contributed by atoms with Crippen LogP contribution in [0.5, 0.6) is 5.75 Å². The van der Waals surface area contributed by atoms with E-state index < -0.39 is 0 Å². The van der Waals surface area contributed by atoms with E-state index in [2.05, 4.69) is 11.9 Å². The Hall–Kier alpha value is -2.55. The van der Waals surface area contributed by atoms with Crippen molar-refractivity contribution in [1.29, 1.82) is 0 Å². The number of carbonyl (C=O) groups excluding carboxylic acids is 1. The topological polar surface area (TPSA) is 38.3 Å². The Kier molecular flexibility index (Phi) is 5.16. The van der Waals surface area contributed by atoms with Crippen LogP contribution in [-0.2, 0) is 6.42 Å². The second-order valence-corrected chi connectivity index (χ2v) is 4.73. The monoisotopic (exact) mass is 281 g/mol. The fourth-order valence-electron chi connectivity index (χ4n) is 2.06. The molecule has 2 rings (SSSR count). The highest BCUT2D eigenvalue weighted by molar-refractivity contribution is 5.94. The third-order valence-corrected chi connectivity index (χ3v) is 3.25. The molecular weight excluding hydrogens is 262 g/mol. The van der Waals surface area contributed by atoms with E-state index in [1.165, 1.54) is 0 Å². The molecule has 0 fully saturated rings. The van der Waals surface area contributed by atoms with Gasteiger partial charge in [-0.3, -0.25) is 4.79 Å². The Labute approximate surface area is 125 Å². The van der Waals surface area contributed by atoms with E-state index >= 15 is 0 Å². The van der Waals surface area contributed by atoms with Crippen LogP contribution in [0.2, 0.25) is 0 Å². The van der Waals surface area contributed by atoms with Crippen LogP contribution < -0.4 is 10.1 Å². The van der Waals surface area contributed by atoms with Crippen molar-refractivity contribution in [2.24, 2.45) is 0 Å². The standard InChI is InChI=1S/C18H19NO2/c1-3-16(13-14-7-5-4-6-8-14)19-18(20)15-9-11-17(21-2)12-10-15/h3-12,16H,1,13H2,2H3,(H,19,20)/t16-/m1/s1. The molecule has 108 valence electrons. The predicted octanol–water partition coefficient (Wildman–Crippen LogP) is 3.22. The van der Waals surface area contributed by atoms with Gasteiger partial charge in [-0.25, -0.2) is 0 Å². The highest BCUT2D eigenvalue weighted by atomic mass is 16.5. The van der Waals surface area contributed by atoms with Crippen molar-refractivity contribution < 1.29 is 9.53 Å². The summed E-state index contributed by atoms with van der Waals surface area (Å²) < 4.78 is 5.08. The van der Waals surface area contributed by atoms with Gasteiger partial charge in [-0.05, 0) is 36.2 Å². The molecule has 0 radical (unpaired) electrons. The van der Waals surface area contributed by atoms with Crippen LogP contribution in [0.25, 0.3) is 0 Å². The molecule has 0 saturated heterocycles. The largest absolute Gasteiger partial charge is 0.497 e. The lowest BCUT2D eigenvalue weighted by molar-refractivity contribution is 0.0944. The Morgan fingerprint density at radius 2 is 1.86 bits per heavy atom. The van der Waals surface area contributed by atoms with Crippen LogP contribution >= 0.6 is 0 Å². The van der Waals surface area contributed by atoms with Crippen molar-refractivity contribution in [1.82, 2.24) is 5.32 Å². The third-order valence-electron chi connectivity index (χ3n) is 3.25. The summed E-state index contributed by atoms with van der Waals surface area (Å²) in [7, 11) is 1.60. The molecule has 0 spiro atoms. The summed E-state index contributed by atoms with van der Waals surface area (Å²) in [6.45, 7) is 3.80. The average Bonchev–Trinajstić information content (AvgIpc) is 2.55. The molecule has 3 nitrogen and oxygen atoms in total. The summed E-state index contributed by atoms with van der Waals surface area (Å²) in [5.74, 6) is 0.620. The van der Waals surface area contributed by atoms with Crippen molar-refractivity contribution in [2.45, 2.75) is 12.5 Å². The van der Waals surface area contributed by atoms with Gasteiger partial charge in [-0.2, -0.15) is 0 Å². The SMILES string of the molecule is C=C[C@H](Cc1ccccc1)NC(=O)c1ccc(OC)cc1. The number of hydrogen-bond donors (Lipinski definition) is 1. The van der Waals surface area contributed by atoms with Crippen molar-refractivity contribution in [3.05, 3.63) is 78.4 Å². The van der Waals surface area contributed by atoms with Gasteiger partial charge in [0.05, 0.1) is 13.2 Å². The second kappa shape index (κ2) is 7.29. The van der Waals surface area contributed by atoms with Crippen molar-refractivity contribution in [2.75, 3.05) is 7.11 Å². The Morgan fingerprint density at radius 3 is 2.43 bits per heavy atom. The van der Waals surface area contributed by atoms with Gasteiger partial charge in [0.2, 0.25) is 0 Å². The van der Waals surface area contributed by atoms with Crippen molar-refractivity contribution in [3.63, 3.8) is 0 Å². The van der Waals surface area contributed by atoms with E-state index in [0.717, 1.165) is 17.7 Å². The van der Waals surface area contributed by atoms with E-state index in [0.29, 0.717) is 5.56 Å². The highest BCUT2D eigenvalue weighted by Crippen LogP contribution is 2.12. The van der Waals surface area contributed by atoms with Gasteiger partial charge in [0.15, 0.2) is 0 Å². The van der Waals surface area contributed by atoms with Gasteiger partial charge in [0, 0.05) is 5.56 Å². The van der Waals surface area contributed by atoms with Crippen LogP contribution in [0.1, 0.15) is 15.9 Å². The van der Waals surface area contributed by atoms with Gasteiger partial charge in [0.1, 0.15) is 5.75 Å². The zero-order valence-corrected chi connectivity index (χ0v) is 12.1. The quantitative estimate of drug-likeness (QED) is 0.826. The molecule has 1 amide bonds. The Bertz CT molecular complexity index is 590. The number of methoxy groups -OCH3 is 1. The first-order valence-electron chi connectivity index (χ1n) is 6.84. The summed E-state index contributed by atoms with van der Waals surface area (Å²) in [5.41, 5.74) is 1.77. The highest BCUT2D eigenvalue weighted by Gasteiger charge is 2.11. The minimum atomic E-state index is -0.113. The van der Waals surface area contributed by atoms with Gasteiger partial charge < -0.3 is 10.1 Å². The number of nitrogens with one attached hydrogen (secondary N) is 1. The lowest BCUT2D eigenvalue weighted by Crippen LogP contribution is -2.34. The molecule has 0 unspecified atom stereocenters. The molecule has 0 bridgehead atoms. The van der Waals surface area contributed by atoms with Crippen LogP contribution in [-0.4, -0.2) is 19.1 Å². The zero-order chi connectivity index (χ0) is 15.1. The van der Waals surface area contributed by atoms with Crippen LogP contribution in [0.4, 0.5) is 0 Å². The van der Waals surface area contributed by atoms with E-state index in [1.54, 1.807) is 37.5 Å². The van der Waals surface area contributed by atoms with E-state index in [-0.39, 0.29) is 11.9 Å². The molecule has 3 heteroatoms. The maximum absolute atomic E-state index is 12.2. The molecule has 1 N–H and O–H groups in total. The summed E-state index contributed by atoms with van der Waals surface area (Å²) in [4.78, 5) is 12.2. The normalized spacial score (nSPS) is 11.5. The molecule has 0 aromatic heterocycles. The smallest absolute Gasteiger partial charge is 0.251 e. The molecule has 1 atom stereocenters. The van der Waals surface area contributed by atoms with E-state index in [4.69, 9.17) is 4.74 Å². The Morgan fingerprint density at radius 1 is 1.19 bits per heavy atom. The first-order chi connectivity index (χ1) is 10.2. The predicted molar refractivity (Wildman–Crippen MR) is 84.6 cm³/mol. The minimum Gasteiger partial charge on any atom is -0.497 e. The molecule has 0 heterocycles. The molecule has 0 aliphatic rings. The number of ether oxygens (including phenoxy) is 1. The molecule has 0 aliphatic carbocycles. The molecule has 0 saturated carbocycles. The number of benzene rings is 2. The molecule has 2 aromatic rings. The molecule has 0 aliphatic heterocycles. The van der Waals surface area contributed by atoms with Crippen LogP contribution in [0, 0.1) is 0 Å². The summed E-state index contributed by atoms with van der Waals surface area (Å²) >= 11 is 0. The Balaban J connectivity index is 2.00. The molecule has 21 heavy (non-hydrogen) atoms. The fourth-order valence-corrected chi connectivity index (χ4v) is 2.06. The molecule has 2 aromatic carbocycles. The van der Waals surface area contributed by atoms with Gasteiger partial charge in [-0.1, -0.05) is 36.4 Å². The van der Waals surface area contributed by atoms with Crippen LogP contribution in [0.3, 0.4) is 0 Å². The lowest BCUT2D eigenvalue weighted by Gasteiger charge is -2.15.